The summed E-state index contributed by atoms with van der Waals surface area (Å²) in [5, 5.41) is 1.41. The molecular formula is C23H23N3O4. The molecular weight excluding hydrogens is 382 g/mol. The summed E-state index contributed by atoms with van der Waals surface area (Å²) in [4.78, 5) is 34.5. The van der Waals surface area contributed by atoms with E-state index in [9.17, 15) is 9.59 Å². The molecule has 0 radical (unpaired) electrons. The van der Waals surface area contributed by atoms with Gasteiger partial charge in [0, 0.05) is 23.1 Å². The number of nitrogens with one attached hydrogen (secondary N) is 1. The Kier molecular flexibility index (Phi) is 5.27. The number of hydrogen-bond donors (Lipinski definition) is 1. The minimum absolute atomic E-state index is 0.0625. The van der Waals surface area contributed by atoms with Crippen LogP contribution in [0.15, 0.2) is 57.9 Å². The molecule has 0 saturated heterocycles. The topological polar surface area (TPSA) is 88.4 Å². The number of para-hydroxylation sites is 1. The summed E-state index contributed by atoms with van der Waals surface area (Å²) < 4.78 is 10.8. The van der Waals surface area contributed by atoms with Crippen LogP contribution in [0.5, 0.6) is 5.75 Å². The normalized spacial score (nSPS) is 11.3. The van der Waals surface area contributed by atoms with Crippen LogP contribution >= 0.6 is 0 Å². The van der Waals surface area contributed by atoms with Crippen LogP contribution < -0.4 is 10.3 Å². The highest BCUT2D eigenvalue weighted by Crippen LogP contribution is 2.26. The maximum absolute atomic E-state index is 13.1. The minimum atomic E-state index is -0.207. The van der Waals surface area contributed by atoms with Gasteiger partial charge in [-0.05, 0) is 38.1 Å². The quantitative estimate of drug-likeness (QED) is 0.529. The van der Waals surface area contributed by atoms with Crippen LogP contribution in [0.2, 0.25) is 0 Å². The fraction of sp³-hybridized carbons (Fsp3) is 0.261. The second-order valence-electron chi connectivity index (χ2n) is 7.44. The minimum Gasteiger partial charge on any atom is -0.497 e. The van der Waals surface area contributed by atoms with Crippen molar-refractivity contribution in [2.75, 3.05) is 7.11 Å². The molecule has 1 amide bonds. The van der Waals surface area contributed by atoms with E-state index in [1.807, 2.05) is 32.0 Å². The van der Waals surface area contributed by atoms with Gasteiger partial charge < -0.3 is 19.0 Å². The first-order valence-electron chi connectivity index (χ1n) is 9.78. The Morgan fingerprint density at radius 1 is 1.20 bits per heavy atom. The van der Waals surface area contributed by atoms with Crippen LogP contribution in [-0.4, -0.2) is 33.9 Å². The van der Waals surface area contributed by atoms with Crippen molar-refractivity contribution in [3.05, 3.63) is 70.5 Å². The Balaban J connectivity index is 1.59. The Bertz CT molecular complexity index is 1270. The van der Waals surface area contributed by atoms with Crippen LogP contribution in [0.25, 0.3) is 21.9 Å². The summed E-state index contributed by atoms with van der Waals surface area (Å²) in [5.74, 6) is 1.09. The van der Waals surface area contributed by atoms with Crippen molar-refractivity contribution in [3.8, 4) is 5.75 Å². The molecule has 7 heteroatoms. The van der Waals surface area contributed by atoms with Crippen molar-refractivity contribution in [1.29, 1.82) is 0 Å². The van der Waals surface area contributed by atoms with E-state index in [1.54, 1.807) is 42.5 Å². The Morgan fingerprint density at radius 2 is 2.00 bits per heavy atom. The summed E-state index contributed by atoms with van der Waals surface area (Å²) in [5.41, 5.74) is 1.89. The molecule has 4 rings (SSSR count). The van der Waals surface area contributed by atoms with Crippen molar-refractivity contribution < 1.29 is 13.9 Å². The average molecular weight is 405 g/mol. The van der Waals surface area contributed by atoms with E-state index in [2.05, 4.69) is 9.97 Å². The maximum atomic E-state index is 13.1. The third-order valence-electron chi connectivity index (χ3n) is 5.13. The van der Waals surface area contributed by atoms with Gasteiger partial charge in [-0.2, -0.15) is 0 Å². The number of nitrogens with zero attached hydrogens (tertiary/aromatic N) is 2. The molecule has 0 bridgehead atoms. The molecule has 0 spiro atoms. The fourth-order valence-corrected chi connectivity index (χ4v) is 3.52. The first-order valence-corrected chi connectivity index (χ1v) is 9.78. The summed E-state index contributed by atoms with van der Waals surface area (Å²) in [6.45, 7) is 4.10. The smallest absolute Gasteiger partial charge is 0.258 e. The lowest BCUT2D eigenvalue weighted by molar-refractivity contribution is -0.132. The van der Waals surface area contributed by atoms with E-state index in [0.717, 1.165) is 10.9 Å². The molecule has 0 aliphatic heterocycles. The number of H-pyrrole nitrogens is 1. The largest absolute Gasteiger partial charge is 0.497 e. The molecule has 0 aliphatic rings. The number of hydrogen-bond acceptors (Lipinski definition) is 5. The van der Waals surface area contributed by atoms with E-state index in [1.165, 1.54) is 0 Å². The zero-order valence-electron chi connectivity index (χ0n) is 17.1. The summed E-state index contributed by atoms with van der Waals surface area (Å²) >= 11 is 0. The second-order valence-corrected chi connectivity index (χ2v) is 7.44. The third kappa shape index (κ3) is 3.78. The number of ether oxygens (including phenoxy) is 1. The van der Waals surface area contributed by atoms with Crippen LogP contribution in [0.1, 0.15) is 25.2 Å². The molecule has 30 heavy (non-hydrogen) atoms. The van der Waals surface area contributed by atoms with Crippen molar-refractivity contribution in [3.63, 3.8) is 0 Å². The number of carbonyl (C=O) groups excluding carboxylic acids is 1. The third-order valence-corrected chi connectivity index (χ3v) is 5.13. The number of furan rings is 1. The first-order chi connectivity index (χ1) is 14.5. The van der Waals surface area contributed by atoms with E-state index in [0.29, 0.717) is 28.1 Å². The molecule has 0 unspecified atom stereocenters. The number of benzene rings is 2. The number of aromatic amines is 1. The highest BCUT2D eigenvalue weighted by Gasteiger charge is 2.21. The molecule has 4 aromatic rings. The Hall–Kier alpha value is -3.61. The predicted molar refractivity (Wildman–Crippen MR) is 115 cm³/mol. The van der Waals surface area contributed by atoms with Crippen LogP contribution in [0.3, 0.4) is 0 Å². The van der Waals surface area contributed by atoms with Gasteiger partial charge in [-0.25, -0.2) is 4.98 Å². The lowest BCUT2D eigenvalue weighted by Gasteiger charge is -2.26. The summed E-state index contributed by atoms with van der Waals surface area (Å²) in [7, 11) is 1.60. The summed E-state index contributed by atoms with van der Waals surface area (Å²) in [6.07, 6.45) is 1.80. The van der Waals surface area contributed by atoms with E-state index in [-0.39, 0.29) is 30.5 Å². The van der Waals surface area contributed by atoms with E-state index < -0.39 is 0 Å². The highest BCUT2D eigenvalue weighted by molar-refractivity contribution is 5.88. The van der Waals surface area contributed by atoms with Crippen molar-refractivity contribution >= 4 is 27.8 Å². The number of methoxy groups -OCH3 is 1. The Labute approximate surface area is 173 Å². The van der Waals surface area contributed by atoms with Crippen LogP contribution in [-0.2, 0) is 17.8 Å². The number of rotatable bonds is 6. The number of carbonyl (C=O) groups is 1. The van der Waals surface area contributed by atoms with Crippen LogP contribution in [0, 0.1) is 0 Å². The second kappa shape index (κ2) is 8.02. The highest BCUT2D eigenvalue weighted by atomic mass is 16.5. The maximum Gasteiger partial charge on any atom is 0.258 e. The molecule has 2 heterocycles. The van der Waals surface area contributed by atoms with Gasteiger partial charge in [0.1, 0.15) is 17.2 Å². The monoisotopic (exact) mass is 405 g/mol. The molecule has 2 aromatic carbocycles. The number of aromatic nitrogens is 2. The van der Waals surface area contributed by atoms with Gasteiger partial charge in [0.2, 0.25) is 5.91 Å². The van der Waals surface area contributed by atoms with Gasteiger partial charge in [-0.1, -0.05) is 12.1 Å². The Morgan fingerprint density at radius 3 is 2.77 bits per heavy atom. The van der Waals surface area contributed by atoms with Gasteiger partial charge in [0.05, 0.1) is 37.2 Å². The zero-order valence-corrected chi connectivity index (χ0v) is 17.1. The zero-order chi connectivity index (χ0) is 21.3. The summed E-state index contributed by atoms with van der Waals surface area (Å²) in [6, 6.07) is 12.6. The average Bonchev–Trinajstić information content (AvgIpc) is 3.13. The molecule has 0 saturated carbocycles. The van der Waals surface area contributed by atoms with E-state index >= 15 is 0 Å². The number of amides is 1. The van der Waals surface area contributed by atoms with Gasteiger partial charge in [0.15, 0.2) is 0 Å². The molecule has 7 nitrogen and oxygen atoms in total. The molecule has 1 N–H and O–H groups in total. The molecule has 0 fully saturated rings. The number of fused-ring (bicyclic) bond motifs is 2. The van der Waals surface area contributed by atoms with Crippen molar-refractivity contribution in [1.82, 2.24) is 14.9 Å². The van der Waals surface area contributed by atoms with Crippen molar-refractivity contribution in [2.24, 2.45) is 0 Å². The molecule has 2 aromatic heterocycles. The lowest BCUT2D eigenvalue weighted by atomic mass is 10.1. The van der Waals surface area contributed by atoms with Gasteiger partial charge >= 0.3 is 0 Å². The molecule has 154 valence electrons. The fourth-order valence-electron chi connectivity index (χ4n) is 3.52. The van der Waals surface area contributed by atoms with Crippen molar-refractivity contribution in [2.45, 2.75) is 32.9 Å². The van der Waals surface area contributed by atoms with Gasteiger partial charge in [-0.3, -0.25) is 9.59 Å². The van der Waals surface area contributed by atoms with Gasteiger partial charge in [0.25, 0.3) is 5.56 Å². The lowest BCUT2D eigenvalue weighted by Crippen LogP contribution is -2.38. The predicted octanol–water partition coefficient (Wildman–Crippen LogP) is 3.66. The standard InChI is InChI=1S/C23H23N3O4/c1-14(2)26(12-21-24-19-7-5-4-6-18(19)23(28)25-21)22(27)10-15-13-30-20-11-16(29-3)8-9-17(15)20/h4-9,11,13-14H,10,12H2,1-3H3,(H,24,25,28). The first kappa shape index (κ1) is 19.7. The SMILES string of the molecule is COc1ccc2c(CC(=O)N(Cc3nc4ccccc4c(=O)[nH]3)C(C)C)coc2c1. The molecule has 0 aliphatic carbocycles. The molecule has 0 atom stereocenters. The van der Waals surface area contributed by atoms with Crippen LogP contribution in [0.4, 0.5) is 0 Å². The van der Waals surface area contributed by atoms with E-state index in [4.69, 9.17) is 9.15 Å². The van der Waals surface area contributed by atoms with Gasteiger partial charge in [-0.15, -0.1) is 0 Å².